The number of rotatable bonds is 8. The molecule has 3 aromatic carbocycles. The zero-order valence-electron chi connectivity index (χ0n) is 19.7. The van der Waals surface area contributed by atoms with Gasteiger partial charge in [0.05, 0.1) is 10.5 Å². The van der Waals surface area contributed by atoms with Crippen molar-refractivity contribution in [2.24, 2.45) is 0 Å². The summed E-state index contributed by atoms with van der Waals surface area (Å²) in [5.74, 6) is -2.00. The molecule has 4 rings (SSSR count). The second-order valence-corrected chi connectivity index (χ2v) is 8.57. The summed E-state index contributed by atoms with van der Waals surface area (Å²) in [5.41, 5.74) is 1.30. The third-order valence-electron chi connectivity index (χ3n) is 5.72. The van der Waals surface area contributed by atoms with E-state index in [1.54, 1.807) is 73.0 Å². The highest BCUT2D eigenvalue weighted by Crippen LogP contribution is 2.40. The lowest BCUT2D eigenvalue weighted by atomic mass is 9.99. The molecule has 1 N–H and O–H groups in total. The fraction of sp³-hybridized carbons (Fsp3) is 0.185. The van der Waals surface area contributed by atoms with Crippen LogP contribution in [0.5, 0.6) is 11.5 Å². The maximum Gasteiger partial charge on any atom is 0.573 e. The smallest absolute Gasteiger partial charge is 0.479 e. The number of aliphatic carboxylic acids is 1. The van der Waals surface area contributed by atoms with E-state index in [0.29, 0.717) is 11.4 Å². The van der Waals surface area contributed by atoms with Gasteiger partial charge in [0, 0.05) is 40.0 Å². The summed E-state index contributed by atoms with van der Waals surface area (Å²) in [6.07, 6.45) is -5.85. The van der Waals surface area contributed by atoms with Gasteiger partial charge in [-0.25, -0.2) is 4.79 Å². The van der Waals surface area contributed by atoms with Crippen LogP contribution in [0.25, 0.3) is 16.6 Å². The van der Waals surface area contributed by atoms with Crippen LogP contribution in [-0.2, 0) is 4.79 Å². The minimum absolute atomic E-state index is 0.0564. The molecule has 0 radical (unpaired) electrons. The lowest BCUT2D eigenvalue weighted by Gasteiger charge is -2.16. The monoisotopic (exact) mass is 531 g/mol. The van der Waals surface area contributed by atoms with E-state index in [-0.39, 0.29) is 39.2 Å². The highest BCUT2D eigenvalue weighted by molar-refractivity contribution is 6.38. The Morgan fingerprint density at radius 1 is 1.03 bits per heavy atom. The molecule has 0 aliphatic heterocycles. The molecular formula is C27H21ClF3NO5. The number of alkyl halides is 3. The number of halogens is 4. The van der Waals surface area contributed by atoms with E-state index in [2.05, 4.69) is 4.74 Å². The third kappa shape index (κ3) is 5.41. The van der Waals surface area contributed by atoms with Crippen molar-refractivity contribution in [1.82, 2.24) is 4.57 Å². The third-order valence-corrected chi connectivity index (χ3v) is 6.18. The molecule has 37 heavy (non-hydrogen) atoms. The highest BCUT2D eigenvalue weighted by atomic mass is 35.5. The van der Waals surface area contributed by atoms with Gasteiger partial charge in [-0.05, 0) is 31.5 Å². The van der Waals surface area contributed by atoms with E-state index in [9.17, 15) is 27.9 Å². The van der Waals surface area contributed by atoms with Crippen LogP contribution in [0.4, 0.5) is 13.2 Å². The average Bonchev–Trinajstić information content (AvgIpc) is 3.10. The maximum absolute atomic E-state index is 13.4. The Hall–Kier alpha value is -3.98. The van der Waals surface area contributed by atoms with Gasteiger partial charge in [-0.1, -0.05) is 54.9 Å². The number of hydrogen-bond acceptors (Lipinski definition) is 4. The van der Waals surface area contributed by atoms with Crippen LogP contribution < -0.4 is 9.47 Å². The van der Waals surface area contributed by atoms with Gasteiger partial charge >= 0.3 is 12.3 Å². The van der Waals surface area contributed by atoms with Gasteiger partial charge in [-0.3, -0.25) is 4.79 Å². The molecule has 1 aromatic heterocycles. The zero-order valence-corrected chi connectivity index (χ0v) is 20.4. The second-order valence-electron chi connectivity index (χ2n) is 8.19. The number of carboxylic acids is 1. The fourth-order valence-electron chi connectivity index (χ4n) is 4.09. The molecule has 10 heteroatoms. The number of ether oxygens (including phenoxy) is 2. The summed E-state index contributed by atoms with van der Waals surface area (Å²) in [6.45, 7) is 3.32. The van der Waals surface area contributed by atoms with E-state index < -0.39 is 30.0 Å². The Kier molecular flexibility index (Phi) is 7.18. The molecule has 0 fully saturated rings. The molecule has 0 bridgehead atoms. The largest absolute Gasteiger partial charge is 0.573 e. The van der Waals surface area contributed by atoms with Crippen molar-refractivity contribution in [2.45, 2.75) is 32.7 Å². The molecule has 0 amide bonds. The predicted molar refractivity (Wildman–Crippen MR) is 132 cm³/mol. The standard InChI is InChI=1S/C27H21ClF3NO5/c1-3-22(26(34)35)36-18-11-7-10-17(12-18)32-15(2)24(28)23-20(25(33)16-8-5-4-6-9-16)13-19(14-21(23)32)37-27(29,30)31/h4-14,22H,3H2,1-2H3,(H,34,35)/t22-/m1/s1. The molecule has 1 atom stereocenters. The molecule has 6 nitrogen and oxygen atoms in total. The number of hydrogen-bond donors (Lipinski definition) is 1. The summed E-state index contributed by atoms with van der Waals surface area (Å²) < 4.78 is 50.9. The predicted octanol–water partition coefficient (Wildman–Crippen LogP) is 6.96. The Morgan fingerprint density at radius 2 is 1.73 bits per heavy atom. The quantitative estimate of drug-likeness (QED) is 0.249. The lowest BCUT2D eigenvalue weighted by molar-refractivity contribution is -0.274. The van der Waals surface area contributed by atoms with Gasteiger partial charge in [-0.2, -0.15) is 0 Å². The van der Waals surface area contributed by atoms with Gasteiger partial charge in [0.2, 0.25) is 0 Å². The van der Waals surface area contributed by atoms with Gasteiger partial charge in [0.1, 0.15) is 11.5 Å². The molecule has 1 heterocycles. The van der Waals surface area contributed by atoms with Crippen molar-refractivity contribution in [3.8, 4) is 17.2 Å². The Labute approximate surface area is 214 Å². The number of aromatic nitrogens is 1. The number of carbonyl (C=O) groups is 2. The average molecular weight is 532 g/mol. The SMILES string of the molecule is CC[C@@H](Oc1cccc(-n2c(C)c(Cl)c3c(C(=O)c4ccccc4)cc(OC(F)(F)F)cc32)c1)C(=O)O. The van der Waals surface area contributed by atoms with Gasteiger partial charge in [0.15, 0.2) is 11.9 Å². The van der Waals surface area contributed by atoms with E-state index in [4.69, 9.17) is 16.3 Å². The Bertz CT molecular complexity index is 1480. The summed E-state index contributed by atoms with van der Waals surface area (Å²) in [6, 6.07) is 16.7. The molecule has 0 unspecified atom stereocenters. The van der Waals surface area contributed by atoms with Crippen molar-refractivity contribution in [3.05, 3.63) is 88.6 Å². The van der Waals surface area contributed by atoms with Gasteiger partial charge in [0.25, 0.3) is 0 Å². The number of carbonyl (C=O) groups excluding carboxylic acids is 1. The van der Waals surface area contributed by atoms with Crippen molar-refractivity contribution in [3.63, 3.8) is 0 Å². The van der Waals surface area contributed by atoms with Crippen LogP contribution in [0.2, 0.25) is 5.02 Å². The Morgan fingerprint density at radius 3 is 2.35 bits per heavy atom. The first-order chi connectivity index (χ1) is 17.5. The molecule has 0 spiro atoms. The van der Waals surface area contributed by atoms with E-state index in [0.717, 1.165) is 12.1 Å². The van der Waals surface area contributed by atoms with Crippen molar-refractivity contribution < 1.29 is 37.3 Å². The molecule has 0 saturated heterocycles. The topological polar surface area (TPSA) is 77.8 Å². The van der Waals surface area contributed by atoms with Crippen LogP contribution in [0.15, 0.2) is 66.7 Å². The number of benzene rings is 3. The fourth-order valence-corrected chi connectivity index (χ4v) is 4.37. The lowest BCUT2D eigenvalue weighted by Crippen LogP contribution is -2.25. The summed E-state index contributed by atoms with van der Waals surface area (Å²) in [7, 11) is 0. The van der Waals surface area contributed by atoms with Gasteiger partial charge < -0.3 is 19.1 Å². The van der Waals surface area contributed by atoms with Crippen molar-refractivity contribution >= 4 is 34.3 Å². The van der Waals surface area contributed by atoms with Crippen LogP contribution in [0.3, 0.4) is 0 Å². The minimum atomic E-state index is -4.99. The Balaban J connectivity index is 1.94. The molecular weight excluding hydrogens is 511 g/mol. The summed E-state index contributed by atoms with van der Waals surface area (Å²) in [4.78, 5) is 24.8. The first kappa shape index (κ1) is 26.1. The summed E-state index contributed by atoms with van der Waals surface area (Å²) >= 11 is 6.66. The van der Waals surface area contributed by atoms with Gasteiger partial charge in [-0.15, -0.1) is 13.2 Å². The number of nitrogens with zero attached hydrogens (tertiary/aromatic N) is 1. The first-order valence-corrected chi connectivity index (χ1v) is 11.6. The zero-order chi connectivity index (χ0) is 26.9. The first-order valence-electron chi connectivity index (χ1n) is 11.2. The van der Waals surface area contributed by atoms with E-state index in [1.807, 2.05) is 0 Å². The highest BCUT2D eigenvalue weighted by Gasteiger charge is 2.33. The van der Waals surface area contributed by atoms with Crippen LogP contribution in [0, 0.1) is 6.92 Å². The normalized spacial score (nSPS) is 12.4. The van der Waals surface area contributed by atoms with Crippen molar-refractivity contribution in [1.29, 1.82) is 0 Å². The maximum atomic E-state index is 13.4. The molecule has 4 aromatic rings. The van der Waals surface area contributed by atoms with E-state index in [1.165, 1.54) is 0 Å². The number of fused-ring (bicyclic) bond motifs is 1. The van der Waals surface area contributed by atoms with Crippen molar-refractivity contribution in [2.75, 3.05) is 0 Å². The molecule has 0 aliphatic carbocycles. The second kappa shape index (κ2) is 10.2. The van der Waals surface area contributed by atoms with E-state index >= 15 is 0 Å². The summed E-state index contributed by atoms with van der Waals surface area (Å²) in [5, 5.41) is 9.76. The number of carboxylic acid groups (broad SMARTS) is 1. The van der Waals surface area contributed by atoms with Crippen LogP contribution in [-0.4, -0.2) is 33.9 Å². The molecule has 0 aliphatic rings. The molecule has 192 valence electrons. The van der Waals surface area contributed by atoms with Crippen LogP contribution in [0.1, 0.15) is 35.0 Å². The number of ketones is 1. The minimum Gasteiger partial charge on any atom is -0.479 e. The molecule has 0 saturated carbocycles. The van der Waals surface area contributed by atoms with Crippen LogP contribution >= 0.6 is 11.6 Å².